The summed E-state index contributed by atoms with van der Waals surface area (Å²) < 4.78 is 42.9. The molecule has 0 aliphatic rings. The van der Waals surface area contributed by atoms with Crippen LogP contribution in [0.15, 0.2) is 24.3 Å². The van der Waals surface area contributed by atoms with Crippen molar-refractivity contribution >= 4 is 5.91 Å². The molecule has 6 heteroatoms. The predicted molar refractivity (Wildman–Crippen MR) is 74.2 cm³/mol. The van der Waals surface area contributed by atoms with E-state index in [4.69, 9.17) is 4.74 Å². The molecular weight excluding hydrogens is 283 g/mol. The van der Waals surface area contributed by atoms with E-state index in [1.54, 1.807) is 45.2 Å². The second-order valence-electron chi connectivity index (χ2n) is 4.90. The number of amides is 1. The Morgan fingerprint density at radius 2 is 1.86 bits per heavy atom. The van der Waals surface area contributed by atoms with E-state index >= 15 is 0 Å². The van der Waals surface area contributed by atoms with Crippen molar-refractivity contribution in [1.29, 1.82) is 0 Å². The number of nitrogens with zero attached hydrogens (tertiary/aromatic N) is 1. The topological polar surface area (TPSA) is 29.5 Å². The van der Waals surface area contributed by atoms with Crippen LogP contribution in [-0.4, -0.2) is 36.7 Å². The van der Waals surface area contributed by atoms with Gasteiger partial charge in [-0.2, -0.15) is 13.2 Å². The maximum Gasteiger partial charge on any atom is 0.471 e. The van der Waals surface area contributed by atoms with Crippen molar-refractivity contribution in [2.45, 2.75) is 38.9 Å². The number of carbonyl (C=O) groups is 1. The number of carbonyl (C=O) groups excluding carboxylic acids is 1. The van der Waals surface area contributed by atoms with Crippen LogP contribution in [0.3, 0.4) is 0 Å². The summed E-state index contributed by atoms with van der Waals surface area (Å²) >= 11 is 0. The zero-order valence-corrected chi connectivity index (χ0v) is 12.4. The van der Waals surface area contributed by atoms with Gasteiger partial charge in [0.2, 0.25) is 0 Å². The Kier molecular flexibility index (Phi) is 6.05. The number of methoxy groups -OCH3 is 1. The average Bonchev–Trinajstić information content (AvgIpc) is 2.43. The molecule has 3 nitrogen and oxygen atoms in total. The third-order valence-corrected chi connectivity index (χ3v) is 3.19. The van der Waals surface area contributed by atoms with E-state index in [0.29, 0.717) is 18.6 Å². The van der Waals surface area contributed by atoms with Crippen molar-refractivity contribution in [3.8, 4) is 5.75 Å². The summed E-state index contributed by atoms with van der Waals surface area (Å²) in [6.45, 7) is 3.47. The Morgan fingerprint density at radius 1 is 1.29 bits per heavy atom. The zero-order chi connectivity index (χ0) is 16.0. The number of alkyl halides is 3. The Morgan fingerprint density at radius 3 is 2.29 bits per heavy atom. The first-order chi connectivity index (χ1) is 9.79. The Balaban J connectivity index is 2.80. The standard InChI is InChI=1S/C15H20F3NO2/c1-4-9-19(14(20)15(16,17)18)11(2)10-12-5-7-13(21-3)8-6-12/h5-8,11H,4,9-10H2,1-3H3. The van der Waals surface area contributed by atoms with Crippen LogP contribution < -0.4 is 4.74 Å². The van der Waals surface area contributed by atoms with Gasteiger partial charge >= 0.3 is 12.1 Å². The highest BCUT2D eigenvalue weighted by Crippen LogP contribution is 2.22. The molecule has 0 spiro atoms. The number of hydrogen-bond donors (Lipinski definition) is 0. The summed E-state index contributed by atoms with van der Waals surface area (Å²) in [7, 11) is 1.54. The van der Waals surface area contributed by atoms with Crippen LogP contribution in [0.5, 0.6) is 5.75 Å². The van der Waals surface area contributed by atoms with Crippen LogP contribution >= 0.6 is 0 Å². The molecule has 0 saturated heterocycles. The maximum atomic E-state index is 12.6. The van der Waals surface area contributed by atoms with E-state index in [1.165, 1.54) is 0 Å². The number of halogens is 3. The molecule has 0 N–H and O–H groups in total. The molecule has 0 fully saturated rings. The molecule has 118 valence electrons. The van der Waals surface area contributed by atoms with Gasteiger partial charge in [-0.15, -0.1) is 0 Å². The summed E-state index contributed by atoms with van der Waals surface area (Å²) in [5, 5.41) is 0. The van der Waals surface area contributed by atoms with Crippen molar-refractivity contribution in [3.05, 3.63) is 29.8 Å². The van der Waals surface area contributed by atoms with Crippen molar-refractivity contribution in [2.24, 2.45) is 0 Å². The first-order valence-corrected chi connectivity index (χ1v) is 6.80. The molecule has 1 amide bonds. The van der Waals surface area contributed by atoms with Gasteiger partial charge in [0.15, 0.2) is 0 Å². The highest BCUT2D eigenvalue weighted by atomic mass is 19.4. The number of ether oxygens (including phenoxy) is 1. The minimum Gasteiger partial charge on any atom is -0.497 e. The maximum absolute atomic E-state index is 12.6. The second kappa shape index (κ2) is 7.33. The molecule has 0 aliphatic carbocycles. The average molecular weight is 303 g/mol. The van der Waals surface area contributed by atoms with E-state index in [1.807, 2.05) is 0 Å². The van der Waals surface area contributed by atoms with Gasteiger partial charge in [-0.3, -0.25) is 4.79 Å². The number of benzene rings is 1. The largest absolute Gasteiger partial charge is 0.497 e. The first-order valence-electron chi connectivity index (χ1n) is 6.80. The minimum atomic E-state index is -4.83. The monoisotopic (exact) mass is 303 g/mol. The van der Waals surface area contributed by atoms with Gasteiger partial charge in [0.25, 0.3) is 0 Å². The molecule has 0 radical (unpaired) electrons. The molecule has 1 rings (SSSR count). The van der Waals surface area contributed by atoms with E-state index < -0.39 is 18.1 Å². The summed E-state index contributed by atoms with van der Waals surface area (Å²) in [5.74, 6) is -1.09. The van der Waals surface area contributed by atoms with Crippen molar-refractivity contribution in [3.63, 3.8) is 0 Å². The molecule has 1 aromatic carbocycles. The number of rotatable bonds is 6. The molecular formula is C15H20F3NO2. The molecule has 1 unspecified atom stereocenters. The summed E-state index contributed by atoms with van der Waals surface area (Å²) in [6, 6.07) is 6.55. The van der Waals surface area contributed by atoms with Crippen LogP contribution in [0.4, 0.5) is 13.2 Å². The van der Waals surface area contributed by atoms with Gasteiger partial charge in [-0.05, 0) is 37.5 Å². The van der Waals surface area contributed by atoms with E-state index in [-0.39, 0.29) is 6.54 Å². The van der Waals surface area contributed by atoms with Crippen LogP contribution in [0.25, 0.3) is 0 Å². The molecule has 0 heterocycles. The third kappa shape index (κ3) is 4.95. The lowest BCUT2D eigenvalue weighted by molar-refractivity contribution is -0.187. The van der Waals surface area contributed by atoms with Crippen molar-refractivity contribution < 1.29 is 22.7 Å². The highest BCUT2D eigenvalue weighted by molar-refractivity contribution is 5.82. The van der Waals surface area contributed by atoms with Gasteiger partial charge < -0.3 is 9.64 Å². The molecule has 0 bridgehead atoms. The fraction of sp³-hybridized carbons (Fsp3) is 0.533. The first kappa shape index (κ1) is 17.3. The van der Waals surface area contributed by atoms with Crippen LogP contribution in [-0.2, 0) is 11.2 Å². The molecule has 0 aromatic heterocycles. The lowest BCUT2D eigenvalue weighted by Crippen LogP contribution is -2.47. The lowest BCUT2D eigenvalue weighted by atomic mass is 10.1. The molecule has 0 aliphatic heterocycles. The normalized spacial score (nSPS) is 12.9. The molecule has 1 aromatic rings. The minimum absolute atomic E-state index is 0.0929. The Labute approximate surface area is 122 Å². The lowest BCUT2D eigenvalue weighted by Gasteiger charge is -2.29. The number of hydrogen-bond acceptors (Lipinski definition) is 2. The fourth-order valence-electron chi connectivity index (χ4n) is 2.14. The van der Waals surface area contributed by atoms with Crippen molar-refractivity contribution in [1.82, 2.24) is 4.90 Å². The van der Waals surface area contributed by atoms with Crippen LogP contribution in [0, 0.1) is 0 Å². The molecule has 21 heavy (non-hydrogen) atoms. The smallest absolute Gasteiger partial charge is 0.471 e. The Bertz CT molecular complexity index is 457. The van der Waals surface area contributed by atoms with Crippen LogP contribution in [0.2, 0.25) is 0 Å². The van der Waals surface area contributed by atoms with Gasteiger partial charge in [0, 0.05) is 12.6 Å². The van der Waals surface area contributed by atoms with E-state index in [2.05, 4.69) is 0 Å². The quantitative estimate of drug-likeness (QED) is 0.806. The Hall–Kier alpha value is -1.72. The van der Waals surface area contributed by atoms with E-state index in [0.717, 1.165) is 10.5 Å². The van der Waals surface area contributed by atoms with Crippen molar-refractivity contribution in [2.75, 3.05) is 13.7 Å². The van der Waals surface area contributed by atoms with E-state index in [9.17, 15) is 18.0 Å². The summed E-state index contributed by atoms with van der Waals surface area (Å²) in [5.41, 5.74) is 0.861. The highest BCUT2D eigenvalue weighted by Gasteiger charge is 2.43. The zero-order valence-electron chi connectivity index (χ0n) is 12.4. The summed E-state index contributed by atoms with van der Waals surface area (Å²) in [4.78, 5) is 12.4. The second-order valence-corrected chi connectivity index (χ2v) is 4.90. The van der Waals surface area contributed by atoms with Gasteiger partial charge in [0.05, 0.1) is 7.11 Å². The SMILES string of the molecule is CCCN(C(=O)C(F)(F)F)C(C)Cc1ccc(OC)cc1. The fourth-order valence-corrected chi connectivity index (χ4v) is 2.14. The van der Waals surface area contributed by atoms with Gasteiger partial charge in [0.1, 0.15) is 5.75 Å². The van der Waals surface area contributed by atoms with Gasteiger partial charge in [-0.1, -0.05) is 19.1 Å². The summed E-state index contributed by atoms with van der Waals surface area (Å²) in [6.07, 6.45) is -3.98. The predicted octanol–water partition coefficient (Wildman–Crippen LogP) is 3.43. The van der Waals surface area contributed by atoms with Crippen LogP contribution in [0.1, 0.15) is 25.8 Å². The third-order valence-electron chi connectivity index (χ3n) is 3.19. The molecule has 1 atom stereocenters. The molecule has 0 saturated carbocycles. The van der Waals surface area contributed by atoms with Gasteiger partial charge in [-0.25, -0.2) is 0 Å².